The SMILES string of the molecule is CC(C)c1ccc([C@@H](C)NC(=O)CCc2ccc3c(c2)OCO3)cc1. The molecule has 0 unspecified atom stereocenters. The Morgan fingerprint density at radius 2 is 1.68 bits per heavy atom. The van der Waals surface area contributed by atoms with Gasteiger partial charge in [-0.05, 0) is 48.1 Å². The summed E-state index contributed by atoms with van der Waals surface area (Å²) in [6.45, 7) is 6.64. The summed E-state index contributed by atoms with van der Waals surface area (Å²) in [5.41, 5.74) is 3.51. The molecule has 1 N–H and O–H groups in total. The smallest absolute Gasteiger partial charge is 0.231 e. The van der Waals surface area contributed by atoms with E-state index in [4.69, 9.17) is 9.47 Å². The van der Waals surface area contributed by atoms with E-state index in [0.29, 0.717) is 18.8 Å². The molecular weight excluding hydrogens is 314 g/mol. The van der Waals surface area contributed by atoms with E-state index >= 15 is 0 Å². The lowest BCUT2D eigenvalue weighted by atomic mass is 9.99. The number of aryl methyl sites for hydroxylation is 1. The fourth-order valence-corrected chi connectivity index (χ4v) is 2.92. The number of hydrogen-bond donors (Lipinski definition) is 1. The summed E-state index contributed by atoms with van der Waals surface area (Å²) >= 11 is 0. The van der Waals surface area contributed by atoms with Crippen molar-refractivity contribution in [1.82, 2.24) is 5.32 Å². The van der Waals surface area contributed by atoms with Crippen molar-refractivity contribution in [3.8, 4) is 11.5 Å². The molecule has 25 heavy (non-hydrogen) atoms. The minimum atomic E-state index is 0.00506. The van der Waals surface area contributed by atoms with Gasteiger partial charge in [-0.3, -0.25) is 4.79 Å². The molecule has 0 aromatic heterocycles. The maximum absolute atomic E-state index is 12.2. The Morgan fingerprint density at radius 3 is 2.40 bits per heavy atom. The number of nitrogens with one attached hydrogen (secondary N) is 1. The van der Waals surface area contributed by atoms with Crippen LogP contribution >= 0.6 is 0 Å². The van der Waals surface area contributed by atoms with Crippen molar-refractivity contribution in [1.29, 1.82) is 0 Å². The summed E-state index contributed by atoms with van der Waals surface area (Å²) in [4.78, 5) is 12.2. The molecule has 0 bridgehead atoms. The second-order valence-corrected chi connectivity index (χ2v) is 6.80. The lowest BCUT2D eigenvalue weighted by Crippen LogP contribution is -2.26. The maximum atomic E-state index is 12.2. The molecule has 2 aromatic carbocycles. The van der Waals surface area contributed by atoms with E-state index in [0.717, 1.165) is 22.6 Å². The molecule has 2 aromatic rings. The van der Waals surface area contributed by atoms with E-state index in [1.807, 2.05) is 25.1 Å². The molecular formula is C21H25NO3. The Bertz CT molecular complexity index is 737. The average molecular weight is 339 g/mol. The van der Waals surface area contributed by atoms with Crippen LogP contribution in [-0.4, -0.2) is 12.7 Å². The fraction of sp³-hybridized carbons (Fsp3) is 0.381. The quantitative estimate of drug-likeness (QED) is 0.851. The molecule has 3 rings (SSSR count). The maximum Gasteiger partial charge on any atom is 0.231 e. The van der Waals surface area contributed by atoms with E-state index in [2.05, 4.69) is 43.4 Å². The van der Waals surface area contributed by atoms with E-state index in [1.54, 1.807) is 0 Å². The highest BCUT2D eigenvalue weighted by molar-refractivity contribution is 5.76. The van der Waals surface area contributed by atoms with Crippen LogP contribution in [-0.2, 0) is 11.2 Å². The van der Waals surface area contributed by atoms with E-state index in [-0.39, 0.29) is 18.7 Å². The zero-order chi connectivity index (χ0) is 17.8. The zero-order valence-corrected chi connectivity index (χ0v) is 15.0. The Balaban J connectivity index is 1.51. The van der Waals surface area contributed by atoms with Crippen molar-refractivity contribution in [3.05, 3.63) is 59.2 Å². The van der Waals surface area contributed by atoms with Gasteiger partial charge in [0.1, 0.15) is 0 Å². The number of ether oxygens (including phenoxy) is 2. The summed E-state index contributed by atoms with van der Waals surface area (Å²) in [5.74, 6) is 2.10. The van der Waals surface area contributed by atoms with Crippen LogP contribution in [0.15, 0.2) is 42.5 Å². The molecule has 4 nitrogen and oxygen atoms in total. The first-order chi connectivity index (χ1) is 12.0. The molecule has 0 spiro atoms. The normalized spacial score (nSPS) is 13.8. The Morgan fingerprint density at radius 1 is 1.00 bits per heavy atom. The average Bonchev–Trinajstić information content (AvgIpc) is 3.07. The summed E-state index contributed by atoms with van der Waals surface area (Å²) in [5, 5.41) is 3.07. The Labute approximate surface area is 149 Å². The van der Waals surface area contributed by atoms with Gasteiger partial charge < -0.3 is 14.8 Å². The Hall–Kier alpha value is -2.49. The predicted molar refractivity (Wildman–Crippen MR) is 98.0 cm³/mol. The molecule has 4 heteroatoms. The van der Waals surface area contributed by atoms with Gasteiger partial charge >= 0.3 is 0 Å². The minimum Gasteiger partial charge on any atom is -0.454 e. The molecule has 1 amide bonds. The van der Waals surface area contributed by atoms with Crippen molar-refractivity contribution >= 4 is 5.91 Å². The van der Waals surface area contributed by atoms with Gasteiger partial charge in [-0.2, -0.15) is 0 Å². The van der Waals surface area contributed by atoms with Crippen LogP contribution in [0.5, 0.6) is 11.5 Å². The third-order valence-corrected chi connectivity index (χ3v) is 4.56. The van der Waals surface area contributed by atoms with Crippen LogP contribution in [0.3, 0.4) is 0 Å². The second kappa shape index (κ2) is 7.60. The minimum absolute atomic E-state index is 0.00506. The van der Waals surface area contributed by atoms with Crippen LogP contribution in [0, 0.1) is 0 Å². The van der Waals surface area contributed by atoms with Crippen LogP contribution in [0.1, 0.15) is 55.8 Å². The van der Waals surface area contributed by atoms with Crippen LogP contribution in [0.25, 0.3) is 0 Å². The number of carbonyl (C=O) groups is 1. The summed E-state index contributed by atoms with van der Waals surface area (Å²) in [6, 6.07) is 14.3. The Kier molecular flexibility index (Phi) is 5.27. The number of fused-ring (bicyclic) bond motifs is 1. The number of hydrogen-bond acceptors (Lipinski definition) is 3. The van der Waals surface area contributed by atoms with Gasteiger partial charge in [0.15, 0.2) is 11.5 Å². The van der Waals surface area contributed by atoms with Gasteiger partial charge in [0.2, 0.25) is 12.7 Å². The molecule has 0 fully saturated rings. The van der Waals surface area contributed by atoms with Gasteiger partial charge in [0, 0.05) is 6.42 Å². The van der Waals surface area contributed by atoms with Crippen molar-refractivity contribution in [3.63, 3.8) is 0 Å². The molecule has 1 aliphatic rings. The van der Waals surface area contributed by atoms with Gasteiger partial charge in [-0.15, -0.1) is 0 Å². The number of carbonyl (C=O) groups excluding carboxylic acids is 1. The molecule has 1 heterocycles. The topological polar surface area (TPSA) is 47.6 Å². The third kappa shape index (κ3) is 4.32. The van der Waals surface area contributed by atoms with Gasteiger partial charge in [-0.25, -0.2) is 0 Å². The van der Waals surface area contributed by atoms with Crippen LogP contribution < -0.4 is 14.8 Å². The van der Waals surface area contributed by atoms with Crippen LogP contribution in [0.2, 0.25) is 0 Å². The first-order valence-electron chi connectivity index (χ1n) is 8.80. The summed E-state index contributed by atoms with van der Waals surface area (Å²) in [6.07, 6.45) is 1.13. The number of amides is 1. The molecule has 0 saturated heterocycles. The van der Waals surface area contributed by atoms with Crippen molar-refractivity contribution in [2.45, 2.75) is 45.6 Å². The largest absolute Gasteiger partial charge is 0.454 e. The van der Waals surface area contributed by atoms with Gasteiger partial charge in [-0.1, -0.05) is 44.2 Å². The lowest BCUT2D eigenvalue weighted by molar-refractivity contribution is -0.121. The molecule has 0 aliphatic carbocycles. The van der Waals surface area contributed by atoms with E-state index in [1.165, 1.54) is 5.56 Å². The van der Waals surface area contributed by atoms with Gasteiger partial charge in [0.05, 0.1) is 6.04 Å². The first kappa shape index (κ1) is 17.3. The predicted octanol–water partition coefficient (Wildman–Crippen LogP) is 4.35. The highest BCUT2D eigenvalue weighted by atomic mass is 16.7. The van der Waals surface area contributed by atoms with E-state index < -0.39 is 0 Å². The van der Waals surface area contributed by atoms with E-state index in [9.17, 15) is 4.79 Å². The molecule has 1 aliphatic heterocycles. The van der Waals surface area contributed by atoms with Crippen LogP contribution in [0.4, 0.5) is 0 Å². The highest BCUT2D eigenvalue weighted by Gasteiger charge is 2.14. The molecule has 0 radical (unpaired) electrons. The summed E-state index contributed by atoms with van der Waals surface area (Å²) in [7, 11) is 0. The van der Waals surface area contributed by atoms with Crippen molar-refractivity contribution < 1.29 is 14.3 Å². The molecule has 0 saturated carbocycles. The van der Waals surface area contributed by atoms with Crippen molar-refractivity contribution in [2.24, 2.45) is 0 Å². The highest BCUT2D eigenvalue weighted by Crippen LogP contribution is 2.32. The summed E-state index contributed by atoms with van der Waals surface area (Å²) < 4.78 is 10.7. The lowest BCUT2D eigenvalue weighted by Gasteiger charge is -2.15. The standard InChI is InChI=1S/C21H25NO3/c1-14(2)17-6-8-18(9-7-17)15(3)22-21(23)11-5-16-4-10-19-20(12-16)25-13-24-19/h4,6-10,12,14-15H,5,11,13H2,1-3H3,(H,22,23)/t15-/m1/s1. The van der Waals surface area contributed by atoms with Crippen molar-refractivity contribution in [2.75, 3.05) is 6.79 Å². The monoisotopic (exact) mass is 339 g/mol. The fourth-order valence-electron chi connectivity index (χ4n) is 2.92. The first-order valence-corrected chi connectivity index (χ1v) is 8.80. The van der Waals surface area contributed by atoms with Gasteiger partial charge in [0.25, 0.3) is 0 Å². The molecule has 1 atom stereocenters. The molecule has 132 valence electrons. The zero-order valence-electron chi connectivity index (χ0n) is 15.0. The third-order valence-electron chi connectivity index (χ3n) is 4.56. The number of benzene rings is 2. The number of rotatable bonds is 6. The second-order valence-electron chi connectivity index (χ2n) is 6.80.